The molecule has 1 amide bonds. The Kier molecular flexibility index (Phi) is 11.0. The third kappa shape index (κ3) is 9.07. The summed E-state index contributed by atoms with van der Waals surface area (Å²) < 4.78 is 78.4. The molecular weight excluding hydrogens is 625 g/mol. The Morgan fingerprint density at radius 2 is 1.76 bits per heavy atom. The van der Waals surface area contributed by atoms with Gasteiger partial charge in [-0.1, -0.05) is 43.7 Å². The summed E-state index contributed by atoms with van der Waals surface area (Å²) in [5.74, 6) is -1.25. The number of rotatable bonds is 12. The number of carbonyl (C=O) groups excluding carboxylic acids is 2. The average Bonchev–Trinajstić information content (AvgIpc) is 3.44. The van der Waals surface area contributed by atoms with E-state index in [0.717, 1.165) is 40.6 Å². The van der Waals surface area contributed by atoms with E-state index in [-0.39, 0.29) is 33.6 Å². The van der Waals surface area contributed by atoms with E-state index in [1.165, 1.54) is 19.2 Å². The first-order chi connectivity index (χ1) is 21.0. The SMILES string of the molecule is COC(=O)OCO/N=[N+](\[O-])N(C)[C@@H](CC(C)C)C(=O)NS(=O)(=O)c1ccc(-n2nc(C(F)(F)F)cc2-c2ccc(C)cc2)cc1. The van der Waals surface area contributed by atoms with Gasteiger partial charge in [-0.3, -0.25) is 4.79 Å². The monoisotopic (exact) mass is 656 g/mol. The molecule has 1 atom stereocenters. The Balaban J connectivity index is 1.84. The van der Waals surface area contributed by atoms with Gasteiger partial charge in [-0.15, -0.1) is 5.01 Å². The molecule has 18 heteroatoms. The predicted molar refractivity (Wildman–Crippen MR) is 151 cm³/mol. The van der Waals surface area contributed by atoms with Crippen molar-refractivity contribution < 1.29 is 50.5 Å². The smallest absolute Gasteiger partial charge is 0.510 e. The highest BCUT2D eigenvalue weighted by molar-refractivity contribution is 7.90. The van der Waals surface area contributed by atoms with E-state index < -0.39 is 46.8 Å². The molecule has 3 rings (SSSR count). The van der Waals surface area contributed by atoms with Gasteiger partial charge in [-0.2, -0.15) is 18.3 Å². The van der Waals surface area contributed by atoms with Crippen LogP contribution in [-0.4, -0.2) is 67.2 Å². The molecule has 0 saturated carbocycles. The van der Waals surface area contributed by atoms with Crippen molar-refractivity contribution in [3.63, 3.8) is 0 Å². The molecule has 0 fully saturated rings. The largest absolute Gasteiger partial charge is 0.569 e. The number of benzene rings is 2. The molecule has 0 aliphatic rings. The molecule has 3 aromatic rings. The van der Waals surface area contributed by atoms with Crippen LogP contribution in [-0.2, 0) is 35.3 Å². The predicted octanol–water partition coefficient (Wildman–Crippen LogP) is 4.57. The van der Waals surface area contributed by atoms with Crippen LogP contribution in [0.1, 0.15) is 31.5 Å². The number of alkyl halides is 3. The number of carbonyl (C=O) groups is 2. The molecule has 0 unspecified atom stereocenters. The van der Waals surface area contributed by atoms with Crippen LogP contribution < -0.4 is 4.72 Å². The van der Waals surface area contributed by atoms with Crippen LogP contribution in [0.4, 0.5) is 18.0 Å². The fourth-order valence-corrected chi connectivity index (χ4v) is 4.94. The van der Waals surface area contributed by atoms with Crippen molar-refractivity contribution in [1.29, 1.82) is 0 Å². The van der Waals surface area contributed by atoms with Crippen LogP contribution in [0.25, 0.3) is 16.9 Å². The summed E-state index contributed by atoms with van der Waals surface area (Å²) in [5, 5.41) is 20.0. The van der Waals surface area contributed by atoms with Gasteiger partial charge in [0.2, 0.25) is 5.28 Å². The van der Waals surface area contributed by atoms with E-state index in [0.29, 0.717) is 5.56 Å². The molecule has 0 spiro atoms. The highest BCUT2D eigenvalue weighted by atomic mass is 32.2. The van der Waals surface area contributed by atoms with Crippen molar-refractivity contribution in [2.45, 2.75) is 44.3 Å². The molecular formula is C27H31F3N6O8S. The number of methoxy groups -OCH3 is 1. The number of aryl methyl sites for hydroxylation is 1. The number of ether oxygens (including phenoxy) is 2. The lowest BCUT2D eigenvalue weighted by Crippen LogP contribution is -2.49. The van der Waals surface area contributed by atoms with Crippen LogP contribution in [0.5, 0.6) is 0 Å². The number of hydrogen-bond acceptors (Lipinski definition) is 10. The standard InChI is InChI=1S/C27H31F3N6O8S/c1-17(2)14-23(34(4)36(39)33-44-16-43-26(38)42-5)25(37)32-45(40,41)21-12-10-20(11-13-21)35-22(15-24(31-35)27(28,29)30)19-8-6-18(3)7-9-19/h6-13,15,17,23H,14,16H2,1-5H3,(H,32,37)/b36-33-/t23-/m0/s1. The van der Waals surface area contributed by atoms with Gasteiger partial charge in [0.25, 0.3) is 22.7 Å². The number of nitrogens with one attached hydrogen (secondary N) is 1. The van der Waals surface area contributed by atoms with Gasteiger partial charge in [0.1, 0.15) is 0 Å². The molecule has 45 heavy (non-hydrogen) atoms. The van der Waals surface area contributed by atoms with Gasteiger partial charge in [-0.05, 0) is 49.6 Å². The van der Waals surface area contributed by atoms with Crippen molar-refractivity contribution >= 4 is 22.1 Å². The van der Waals surface area contributed by atoms with Crippen molar-refractivity contribution in [1.82, 2.24) is 19.5 Å². The number of halogens is 3. The summed E-state index contributed by atoms with van der Waals surface area (Å²) in [7, 11) is -2.28. The molecule has 1 aromatic heterocycles. The zero-order valence-electron chi connectivity index (χ0n) is 24.8. The first-order valence-electron chi connectivity index (χ1n) is 13.2. The minimum Gasteiger partial charge on any atom is -0.569 e. The maximum atomic E-state index is 13.5. The Labute approximate surface area is 256 Å². The zero-order valence-corrected chi connectivity index (χ0v) is 25.6. The Bertz CT molecular complexity index is 1630. The minimum atomic E-state index is -4.73. The maximum absolute atomic E-state index is 13.5. The molecule has 244 valence electrons. The highest BCUT2D eigenvalue weighted by Crippen LogP contribution is 2.33. The second-order valence-electron chi connectivity index (χ2n) is 10.1. The third-order valence-corrected chi connectivity index (χ3v) is 7.58. The molecule has 0 aliphatic carbocycles. The molecule has 1 N–H and O–H groups in total. The first kappa shape index (κ1) is 34.6. The van der Waals surface area contributed by atoms with Crippen LogP contribution in [0.3, 0.4) is 0 Å². The fourth-order valence-electron chi connectivity index (χ4n) is 3.93. The number of sulfonamides is 1. The van der Waals surface area contributed by atoms with Gasteiger partial charge in [0.15, 0.2) is 11.7 Å². The second kappa shape index (κ2) is 14.3. The lowest BCUT2D eigenvalue weighted by molar-refractivity contribution is -0.711. The molecule has 2 aromatic carbocycles. The van der Waals surface area contributed by atoms with E-state index in [2.05, 4.69) is 24.7 Å². The topological polar surface area (TPSA) is 167 Å². The molecule has 0 bridgehead atoms. The van der Waals surface area contributed by atoms with E-state index in [4.69, 9.17) is 0 Å². The van der Waals surface area contributed by atoms with Gasteiger partial charge in [0.05, 0.1) is 35.4 Å². The fraction of sp³-hybridized carbons (Fsp3) is 0.370. The summed E-state index contributed by atoms with van der Waals surface area (Å²) in [6.07, 6.45) is -5.80. The summed E-state index contributed by atoms with van der Waals surface area (Å²) in [6, 6.07) is 11.0. The lowest BCUT2D eigenvalue weighted by Gasteiger charge is -2.24. The quantitative estimate of drug-likeness (QED) is 0.0728. The van der Waals surface area contributed by atoms with E-state index in [1.807, 2.05) is 11.6 Å². The lowest BCUT2D eigenvalue weighted by atomic mass is 10.0. The Morgan fingerprint density at radius 1 is 1.13 bits per heavy atom. The van der Waals surface area contributed by atoms with Gasteiger partial charge < -0.3 is 19.5 Å². The van der Waals surface area contributed by atoms with Crippen LogP contribution >= 0.6 is 0 Å². The van der Waals surface area contributed by atoms with Crippen molar-refractivity contribution in [3.8, 4) is 16.9 Å². The van der Waals surface area contributed by atoms with E-state index >= 15 is 0 Å². The van der Waals surface area contributed by atoms with Crippen LogP contribution in [0, 0.1) is 18.0 Å². The van der Waals surface area contributed by atoms with E-state index in [9.17, 15) is 36.4 Å². The molecule has 1 heterocycles. The summed E-state index contributed by atoms with van der Waals surface area (Å²) in [4.78, 5) is 28.1. The van der Waals surface area contributed by atoms with Gasteiger partial charge >= 0.3 is 12.3 Å². The maximum Gasteiger partial charge on any atom is 0.510 e. The third-order valence-electron chi connectivity index (χ3n) is 6.22. The molecule has 0 saturated heterocycles. The Morgan fingerprint density at radius 3 is 2.31 bits per heavy atom. The number of likely N-dealkylation sites (N-methyl/N-ethyl adjacent to an activating group) is 1. The normalized spacial score (nSPS) is 12.9. The summed E-state index contributed by atoms with van der Waals surface area (Å²) >= 11 is 0. The average molecular weight is 657 g/mol. The van der Waals surface area contributed by atoms with Crippen LogP contribution in [0.2, 0.25) is 0 Å². The summed E-state index contributed by atoms with van der Waals surface area (Å²) in [5.41, 5.74) is 0.467. The zero-order chi connectivity index (χ0) is 33.5. The second-order valence-corrected chi connectivity index (χ2v) is 11.7. The number of nitrogens with zero attached hydrogens (tertiary/aromatic N) is 5. The molecule has 0 aliphatic heterocycles. The number of hydrogen-bond donors (Lipinski definition) is 1. The highest BCUT2D eigenvalue weighted by Gasteiger charge is 2.36. The molecule has 14 nitrogen and oxygen atoms in total. The van der Waals surface area contributed by atoms with E-state index in [1.54, 1.807) is 38.1 Å². The van der Waals surface area contributed by atoms with Crippen LogP contribution in [0.15, 0.2) is 64.8 Å². The van der Waals surface area contributed by atoms with Crippen molar-refractivity contribution in [2.24, 2.45) is 11.2 Å². The Hall–Kier alpha value is -4.87. The van der Waals surface area contributed by atoms with Crippen molar-refractivity contribution in [2.75, 3.05) is 21.0 Å². The number of amides is 1. The molecule has 0 radical (unpaired) electrons. The van der Waals surface area contributed by atoms with Gasteiger partial charge in [-0.25, -0.2) is 22.6 Å². The van der Waals surface area contributed by atoms with Gasteiger partial charge in [0, 0.05) is 5.56 Å². The van der Waals surface area contributed by atoms with Crippen molar-refractivity contribution in [3.05, 3.63) is 71.1 Å². The number of hydrazine groups is 1. The summed E-state index contributed by atoms with van der Waals surface area (Å²) in [6.45, 7) is 4.53. The minimum absolute atomic E-state index is 0.0202. The number of aromatic nitrogens is 2. The first-order valence-corrected chi connectivity index (χ1v) is 14.7.